The molecular formula is C30H48B2N2O4. The largest absolute Gasteiger partial charge is 0.514 e. The highest BCUT2D eigenvalue weighted by atomic mass is 16.6. The summed E-state index contributed by atoms with van der Waals surface area (Å²) in [4.78, 5) is 3.03. The number of benzene rings is 2. The standard InChI is InChI=1S/2C15H24BNO2/c2*1-2-8-15(9-3-1)14-17-11-5-4-10-16(17)18-12-6-7-13-19-16/h2*1-3,8-9,17H,4-7,10-14H2. The molecule has 0 bridgehead atoms. The van der Waals surface area contributed by atoms with Gasteiger partial charge in [-0.05, 0) is 38.5 Å². The van der Waals surface area contributed by atoms with Crippen LogP contribution in [0.2, 0.25) is 12.6 Å². The Morgan fingerprint density at radius 3 is 1.21 bits per heavy atom. The van der Waals surface area contributed by atoms with E-state index in [2.05, 4.69) is 60.7 Å². The van der Waals surface area contributed by atoms with Gasteiger partial charge >= 0.3 is 13.4 Å². The van der Waals surface area contributed by atoms with Crippen LogP contribution in [-0.2, 0) is 31.7 Å². The van der Waals surface area contributed by atoms with Gasteiger partial charge < -0.3 is 28.2 Å². The topological polar surface area (TPSA) is 45.8 Å². The first-order chi connectivity index (χ1) is 18.8. The van der Waals surface area contributed by atoms with Crippen LogP contribution in [0.1, 0.15) is 62.5 Å². The minimum absolute atomic E-state index is 0.873. The highest BCUT2D eigenvalue weighted by Crippen LogP contribution is 2.20. The summed E-state index contributed by atoms with van der Waals surface area (Å²) in [5.41, 5.74) is 2.77. The maximum atomic E-state index is 6.22. The van der Waals surface area contributed by atoms with E-state index in [0.717, 1.165) is 77.8 Å². The molecule has 4 fully saturated rings. The molecule has 2 aromatic carbocycles. The van der Waals surface area contributed by atoms with Crippen LogP contribution in [-0.4, -0.2) is 52.9 Å². The van der Waals surface area contributed by atoms with Gasteiger partial charge in [-0.2, -0.15) is 0 Å². The Balaban J connectivity index is 0.000000155. The lowest BCUT2D eigenvalue weighted by molar-refractivity contribution is -0.834. The van der Waals surface area contributed by atoms with Crippen LogP contribution in [0.25, 0.3) is 0 Å². The third kappa shape index (κ3) is 7.29. The molecule has 2 N–H and O–H groups in total. The fraction of sp³-hybridized carbons (Fsp3) is 0.600. The Kier molecular flexibility index (Phi) is 10.3. The van der Waals surface area contributed by atoms with Crippen molar-refractivity contribution in [2.75, 3.05) is 39.5 Å². The number of hydrogen-bond donors (Lipinski definition) is 2. The monoisotopic (exact) mass is 522 g/mol. The third-order valence-electron chi connectivity index (χ3n) is 9.08. The smallest absolute Gasteiger partial charge is 0.471 e. The molecule has 2 aromatic rings. The van der Waals surface area contributed by atoms with E-state index in [9.17, 15) is 0 Å². The molecule has 8 heteroatoms. The van der Waals surface area contributed by atoms with Crippen molar-refractivity contribution in [2.45, 2.75) is 77.1 Å². The van der Waals surface area contributed by atoms with Gasteiger partial charge in [-0.3, -0.25) is 0 Å². The fourth-order valence-corrected chi connectivity index (χ4v) is 6.99. The highest BCUT2D eigenvalue weighted by Gasteiger charge is 2.45. The summed E-state index contributed by atoms with van der Waals surface area (Å²) in [6.07, 6.45) is 11.8. The summed E-state index contributed by atoms with van der Waals surface area (Å²) in [6, 6.07) is 21.5. The van der Waals surface area contributed by atoms with Gasteiger partial charge in [0.1, 0.15) is 0 Å². The van der Waals surface area contributed by atoms with Crippen LogP contribution in [0.5, 0.6) is 0 Å². The zero-order valence-electron chi connectivity index (χ0n) is 23.3. The molecule has 2 spiro atoms. The van der Waals surface area contributed by atoms with Crippen molar-refractivity contribution in [3.63, 3.8) is 0 Å². The van der Waals surface area contributed by atoms with E-state index in [1.807, 2.05) is 0 Å². The zero-order chi connectivity index (χ0) is 25.9. The first-order valence-corrected chi connectivity index (χ1v) is 15.4. The van der Waals surface area contributed by atoms with Crippen molar-refractivity contribution in [2.24, 2.45) is 0 Å². The summed E-state index contributed by atoms with van der Waals surface area (Å²) in [5, 5.41) is 0. The zero-order valence-corrected chi connectivity index (χ0v) is 23.3. The molecule has 0 saturated carbocycles. The molecule has 4 aliphatic heterocycles. The molecule has 38 heavy (non-hydrogen) atoms. The molecular weight excluding hydrogens is 474 g/mol. The quantitative estimate of drug-likeness (QED) is 0.606. The predicted octanol–water partition coefficient (Wildman–Crippen LogP) is 3.26. The lowest BCUT2D eigenvalue weighted by Crippen LogP contribution is -3.23. The Morgan fingerprint density at radius 1 is 0.474 bits per heavy atom. The number of nitrogens with one attached hydrogen (secondary N) is 2. The maximum Gasteiger partial charge on any atom is 0.471 e. The van der Waals surface area contributed by atoms with E-state index >= 15 is 0 Å². The van der Waals surface area contributed by atoms with Gasteiger partial charge in [-0.1, -0.05) is 86.1 Å². The lowest BCUT2D eigenvalue weighted by Gasteiger charge is -2.48. The van der Waals surface area contributed by atoms with Crippen molar-refractivity contribution < 1.29 is 28.2 Å². The van der Waals surface area contributed by atoms with E-state index in [-0.39, 0.29) is 0 Å². The Hall–Kier alpha value is -1.67. The van der Waals surface area contributed by atoms with Crippen LogP contribution >= 0.6 is 0 Å². The summed E-state index contributed by atoms with van der Waals surface area (Å²) < 4.78 is 24.9. The Bertz CT molecular complexity index is 858. The summed E-state index contributed by atoms with van der Waals surface area (Å²) >= 11 is 0. The summed E-state index contributed by atoms with van der Waals surface area (Å²) in [7, 11) is 0. The summed E-state index contributed by atoms with van der Waals surface area (Å²) in [5.74, 6) is 0. The van der Waals surface area contributed by atoms with E-state index in [0.29, 0.717) is 0 Å². The van der Waals surface area contributed by atoms with Crippen LogP contribution in [0.3, 0.4) is 0 Å². The van der Waals surface area contributed by atoms with Gasteiger partial charge in [-0.25, -0.2) is 0 Å². The molecule has 6 rings (SSSR count). The fourth-order valence-electron chi connectivity index (χ4n) is 6.99. The second-order valence-corrected chi connectivity index (χ2v) is 11.8. The minimum atomic E-state index is -1.11. The second kappa shape index (κ2) is 14.1. The highest BCUT2D eigenvalue weighted by molar-refractivity contribution is 6.59. The van der Waals surface area contributed by atoms with Crippen molar-refractivity contribution >= 4 is 13.4 Å². The van der Waals surface area contributed by atoms with Gasteiger partial charge in [0.05, 0.1) is 13.1 Å². The molecule has 0 radical (unpaired) electrons. The molecule has 208 valence electrons. The second-order valence-electron chi connectivity index (χ2n) is 11.8. The third-order valence-corrected chi connectivity index (χ3v) is 9.08. The predicted molar refractivity (Wildman–Crippen MR) is 154 cm³/mol. The molecule has 4 aliphatic rings. The lowest BCUT2D eigenvalue weighted by atomic mass is 9.61. The molecule has 4 heterocycles. The molecule has 0 amide bonds. The van der Waals surface area contributed by atoms with Crippen LogP contribution in [0.4, 0.5) is 0 Å². The van der Waals surface area contributed by atoms with Gasteiger partial charge in [0.15, 0.2) is 0 Å². The van der Waals surface area contributed by atoms with Gasteiger partial charge in [0.2, 0.25) is 0 Å². The molecule has 0 aromatic heterocycles. The maximum absolute atomic E-state index is 6.22. The number of hydrogen-bond acceptors (Lipinski definition) is 4. The molecule has 6 nitrogen and oxygen atoms in total. The SMILES string of the molecule is c1ccc(C[NH+]2CCCC[B-]23OCCCCO3)cc1.c1ccc(C[NH+]2CCCC[B-]23OCCCCO3)cc1. The van der Waals surface area contributed by atoms with Crippen molar-refractivity contribution in [1.82, 2.24) is 0 Å². The van der Waals surface area contributed by atoms with Crippen molar-refractivity contribution in [3.05, 3.63) is 71.8 Å². The summed E-state index contributed by atoms with van der Waals surface area (Å²) in [6.45, 7) is 5.68. The minimum Gasteiger partial charge on any atom is -0.514 e. The molecule has 0 aliphatic carbocycles. The van der Waals surface area contributed by atoms with E-state index in [1.54, 1.807) is 0 Å². The van der Waals surface area contributed by atoms with E-state index < -0.39 is 13.4 Å². The number of rotatable bonds is 4. The molecule has 2 unspecified atom stereocenters. The van der Waals surface area contributed by atoms with Gasteiger partial charge in [0.25, 0.3) is 0 Å². The van der Waals surface area contributed by atoms with Gasteiger partial charge in [-0.15, -0.1) is 0 Å². The van der Waals surface area contributed by atoms with E-state index in [4.69, 9.17) is 18.6 Å². The first kappa shape index (κ1) is 27.9. The van der Waals surface area contributed by atoms with Crippen molar-refractivity contribution in [3.8, 4) is 0 Å². The van der Waals surface area contributed by atoms with E-state index in [1.165, 1.54) is 59.5 Å². The molecule has 2 atom stereocenters. The van der Waals surface area contributed by atoms with Crippen LogP contribution < -0.4 is 9.62 Å². The van der Waals surface area contributed by atoms with Gasteiger partial charge in [0, 0.05) is 50.6 Å². The Labute approximate surface area is 230 Å². The average Bonchev–Trinajstić information content (AvgIpc) is 3.35. The normalized spacial score (nSPS) is 27.1. The van der Waals surface area contributed by atoms with Crippen LogP contribution in [0, 0.1) is 0 Å². The average molecular weight is 522 g/mol. The van der Waals surface area contributed by atoms with Crippen LogP contribution in [0.15, 0.2) is 60.7 Å². The number of quaternary nitrogens is 2. The van der Waals surface area contributed by atoms with Crippen molar-refractivity contribution in [1.29, 1.82) is 0 Å². The first-order valence-electron chi connectivity index (χ1n) is 15.4. The molecule has 4 saturated heterocycles. The Morgan fingerprint density at radius 2 is 0.842 bits per heavy atom.